The molecule has 0 amide bonds. The summed E-state index contributed by atoms with van der Waals surface area (Å²) >= 11 is 0. The minimum atomic E-state index is -0.410. The molecule has 2 unspecified atom stereocenters. The van der Waals surface area contributed by atoms with Crippen LogP contribution in [0, 0.1) is 23.7 Å². The minimum absolute atomic E-state index is 0.0110. The zero-order valence-corrected chi connectivity index (χ0v) is 19.1. The summed E-state index contributed by atoms with van der Waals surface area (Å²) in [6.45, 7) is 15.0. The van der Waals surface area contributed by atoms with E-state index in [2.05, 4.69) is 5.32 Å². The molecule has 1 N–H and O–H groups in total. The van der Waals surface area contributed by atoms with Crippen molar-refractivity contribution in [2.45, 2.75) is 99.6 Å². The number of nitrogens with one attached hydrogen (secondary N) is 1. The summed E-state index contributed by atoms with van der Waals surface area (Å²) in [4.78, 5) is 49.4. The van der Waals surface area contributed by atoms with Crippen molar-refractivity contribution in [3.8, 4) is 0 Å². The van der Waals surface area contributed by atoms with Crippen molar-refractivity contribution in [2.75, 3.05) is 0 Å². The van der Waals surface area contributed by atoms with Crippen molar-refractivity contribution in [1.82, 2.24) is 5.32 Å². The molecule has 0 aromatic heterocycles. The molecule has 0 aromatic rings. The summed E-state index contributed by atoms with van der Waals surface area (Å²) in [5, 5.41) is 3.25. The molecule has 0 spiro atoms. The Kier molecular flexibility index (Phi) is 12.3. The van der Waals surface area contributed by atoms with Crippen molar-refractivity contribution in [3.05, 3.63) is 0 Å². The number of carbonyl (C=O) groups is 4. The minimum Gasteiger partial charge on any atom is -0.305 e. The number of Topliss-reactive ketones (excluding diaryl/α,β-unsaturated/α-hetero) is 4. The third kappa shape index (κ3) is 10.3. The lowest BCUT2D eigenvalue weighted by molar-refractivity contribution is -0.131. The van der Waals surface area contributed by atoms with Gasteiger partial charge in [-0.2, -0.15) is 0 Å². The second kappa shape index (κ2) is 13.0. The van der Waals surface area contributed by atoms with E-state index in [-0.39, 0.29) is 65.8 Å². The summed E-state index contributed by atoms with van der Waals surface area (Å²) in [7, 11) is 0. The first kappa shape index (κ1) is 26.6. The van der Waals surface area contributed by atoms with Gasteiger partial charge in [-0.05, 0) is 12.8 Å². The zero-order chi connectivity index (χ0) is 22.0. The van der Waals surface area contributed by atoms with Gasteiger partial charge in [-0.15, -0.1) is 0 Å². The summed E-state index contributed by atoms with van der Waals surface area (Å²) in [5.41, 5.74) is 0. The topological polar surface area (TPSA) is 80.3 Å². The molecule has 0 saturated heterocycles. The molecule has 162 valence electrons. The maximum absolute atomic E-state index is 12.6. The zero-order valence-electron chi connectivity index (χ0n) is 19.1. The van der Waals surface area contributed by atoms with E-state index in [1.54, 1.807) is 0 Å². The van der Waals surface area contributed by atoms with Crippen molar-refractivity contribution in [2.24, 2.45) is 23.7 Å². The summed E-state index contributed by atoms with van der Waals surface area (Å²) in [6, 6.07) is -0.189. The van der Waals surface area contributed by atoms with Gasteiger partial charge in [0.05, 0.1) is 6.04 Å². The van der Waals surface area contributed by atoms with Crippen molar-refractivity contribution < 1.29 is 19.2 Å². The van der Waals surface area contributed by atoms with Crippen molar-refractivity contribution in [3.63, 3.8) is 0 Å². The SMILES string of the molecule is CC(C)NC(CCC(=O)CC(CCC(=O)C(C)C)C(=O)C(C)C)C(=O)C(C)C. The lowest BCUT2D eigenvalue weighted by Gasteiger charge is -2.22. The number of hydrogen-bond donors (Lipinski definition) is 1. The lowest BCUT2D eigenvalue weighted by Crippen LogP contribution is -2.43. The first-order chi connectivity index (χ1) is 12.9. The van der Waals surface area contributed by atoms with Crippen LogP contribution in [0.4, 0.5) is 0 Å². The van der Waals surface area contributed by atoms with Crippen LogP contribution in [0.5, 0.6) is 0 Å². The Hall–Kier alpha value is -1.36. The quantitative estimate of drug-likeness (QED) is 0.450. The molecule has 0 heterocycles. The van der Waals surface area contributed by atoms with E-state index in [1.807, 2.05) is 55.4 Å². The number of ketones is 4. The molecule has 0 aliphatic heterocycles. The van der Waals surface area contributed by atoms with Crippen LogP contribution in [0.2, 0.25) is 0 Å². The average Bonchev–Trinajstić information content (AvgIpc) is 2.59. The fourth-order valence-electron chi connectivity index (χ4n) is 3.22. The van der Waals surface area contributed by atoms with Crippen LogP contribution in [0.25, 0.3) is 0 Å². The highest BCUT2D eigenvalue weighted by molar-refractivity contribution is 5.90. The van der Waals surface area contributed by atoms with Crippen LogP contribution in [-0.4, -0.2) is 35.2 Å². The average molecular weight is 396 g/mol. The van der Waals surface area contributed by atoms with Crippen LogP contribution in [0.3, 0.4) is 0 Å². The van der Waals surface area contributed by atoms with E-state index >= 15 is 0 Å². The molecule has 0 aliphatic rings. The number of hydrogen-bond acceptors (Lipinski definition) is 5. The van der Waals surface area contributed by atoms with Gasteiger partial charge in [0.15, 0.2) is 5.78 Å². The van der Waals surface area contributed by atoms with Crippen LogP contribution in [0.15, 0.2) is 0 Å². The van der Waals surface area contributed by atoms with Gasteiger partial charge in [0, 0.05) is 49.0 Å². The van der Waals surface area contributed by atoms with Gasteiger partial charge < -0.3 is 5.32 Å². The van der Waals surface area contributed by atoms with E-state index < -0.39 is 5.92 Å². The Morgan fingerprint density at radius 3 is 1.64 bits per heavy atom. The first-order valence-electron chi connectivity index (χ1n) is 10.7. The predicted octanol–water partition coefficient (Wildman–Crippen LogP) is 4.16. The van der Waals surface area contributed by atoms with Crippen molar-refractivity contribution in [1.29, 1.82) is 0 Å². The number of carbonyl (C=O) groups excluding carboxylic acids is 4. The van der Waals surface area contributed by atoms with Gasteiger partial charge in [-0.1, -0.05) is 55.4 Å². The molecule has 0 fully saturated rings. The Labute approximate surface area is 171 Å². The Balaban J connectivity index is 4.93. The Bertz CT molecular complexity index is 535. The lowest BCUT2D eigenvalue weighted by atomic mass is 9.84. The van der Waals surface area contributed by atoms with E-state index in [1.165, 1.54) is 0 Å². The molecule has 0 aliphatic carbocycles. The third-order valence-corrected chi connectivity index (χ3v) is 4.99. The van der Waals surface area contributed by atoms with Crippen LogP contribution < -0.4 is 5.32 Å². The van der Waals surface area contributed by atoms with Gasteiger partial charge in [0.1, 0.15) is 17.3 Å². The van der Waals surface area contributed by atoms with Gasteiger partial charge in [-0.25, -0.2) is 0 Å². The van der Waals surface area contributed by atoms with Gasteiger partial charge in [-0.3, -0.25) is 19.2 Å². The molecule has 0 radical (unpaired) electrons. The smallest absolute Gasteiger partial charge is 0.152 e. The van der Waals surface area contributed by atoms with Gasteiger partial charge in [0.2, 0.25) is 0 Å². The molecule has 28 heavy (non-hydrogen) atoms. The Morgan fingerprint density at radius 1 is 0.679 bits per heavy atom. The standard InChI is InChI=1S/C23H41NO4/c1-14(2)21(26)12-9-18(22(27)15(3)4)13-19(25)10-11-20(24-17(7)8)23(28)16(5)6/h14-18,20,24H,9-13H2,1-8H3. The highest BCUT2D eigenvalue weighted by Crippen LogP contribution is 2.21. The molecular weight excluding hydrogens is 354 g/mol. The molecular formula is C23H41NO4. The van der Waals surface area contributed by atoms with E-state index in [9.17, 15) is 19.2 Å². The van der Waals surface area contributed by atoms with Gasteiger partial charge in [0.25, 0.3) is 0 Å². The maximum Gasteiger partial charge on any atom is 0.152 e. The third-order valence-electron chi connectivity index (χ3n) is 4.99. The number of rotatable bonds is 15. The molecule has 0 rings (SSSR count). The van der Waals surface area contributed by atoms with E-state index in [0.717, 1.165) is 0 Å². The first-order valence-corrected chi connectivity index (χ1v) is 10.7. The van der Waals surface area contributed by atoms with Crippen molar-refractivity contribution >= 4 is 23.1 Å². The molecule has 0 aromatic carbocycles. The normalized spacial score (nSPS) is 14.0. The summed E-state index contributed by atoms with van der Waals surface area (Å²) < 4.78 is 0. The fraction of sp³-hybridized carbons (Fsp3) is 0.826. The monoisotopic (exact) mass is 395 g/mol. The Morgan fingerprint density at radius 2 is 1.21 bits per heavy atom. The largest absolute Gasteiger partial charge is 0.305 e. The van der Waals surface area contributed by atoms with E-state index in [4.69, 9.17) is 0 Å². The predicted molar refractivity (Wildman–Crippen MR) is 113 cm³/mol. The molecule has 0 bridgehead atoms. The molecule has 5 heteroatoms. The maximum atomic E-state index is 12.6. The highest BCUT2D eigenvalue weighted by atomic mass is 16.1. The molecule has 2 atom stereocenters. The second-order valence-corrected chi connectivity index (χ2v) is 9.13. The fourth-order valence-corrected chi connectivity index (χ4v) is 3.22. The van der Waals surface area contributed by atoms with Crippen LogP contribution in [-0.2, 0) is 19.2 Å². The second-order valence-electron chi connectivity index (χ2n) is 9.13. The van der Waals surface area contributed by atoms with Crippen LogP contribution >= 0.6 is 0 Å². The molecule has 5 nitrogen and oxygen atoms in total. The van der Waals surface area contributed by atoms with Gasteiger partial charge >= 0.3 is 0 Å². The summed E-state index contributed by atoms with van der Waals surface area (Å²) in [5.74, 6) is -0.462. The summed E-state index contributed by atoms with van der Waals surface area (Å²) in [6.07, 6.45) is 1.63. The molecule has 0 saturated carbocycles. The highest BCUT2D eigenvalue weighted by Gasteiger charge is 2.27. The van der Waals surface area contributed by atoms with E-state index in [0.29, 0.717) is 19.3 Å². The van der Waals surface area contributed by atoms with Crippen LogP contribution in [0.1, 0.15) is 87.5 Å².